The van der Waals surface area contributed by atoms with Crippen LogP contribution in [-0.2, 0) is 4.79 Å². The molecule has 0 atom stereocenters. The van der Waals surface area contributed by atoms with Gasteiger partial charge in [0.15, 0.2) is 0 Å². The Morgan fingerprint density at radius 2 is 1.65 bits per heavy atom. The van der Waals surface area contributed by atoms with Crippen molar-refractivity contribution in [2.75, 3.05) is 60.0 Å². The van der Waals surface area contributed by atoms with E-state index in [1.807, 2.05) is 0 Å². The van der Waals surface area contributed by atoms with Gasteiger partial charge in [-0.15, -0.1) is 0 Å². The van der Waals surface area contributed by atoms with Crippen LogP contribution in [0.5, 0.6) is 0 Å². The number of aliphatic hydroxyl groups is 1. The van der Waals surface area contributed by atoms with Crippen LogP contribution in [0.15, 0.2) is 0 Å². The topological polar surface area (TPSA) is 47.0 Å². The molecule has 1 aliphatic heterocycles. The largest absolute Gasteiger partial charge is 0.395 e. The molecule has 1 fully saturated rings. The molecule has 5 nitrogen and oxygen atoms in total. The highest BCUT2D eigenvalue weighted by atomic mass is 16.3. The van der Waals surface area contributed by atoms with E-state index in [0.717, 1.165) is 45.7 Å². The third-order valence-corrected chi connectivity index (χ3v) is 3.24. The highest BCUT2D eigenvalue weighted by molar-refractivity contribution is 5.75. The SMILES string of the molecule is CN(C)C(=O)CCCN1CCN(CCO)CC1. The number of piperazine rings is 1. The van der Waals surface area contributed by atoms with Crippen LogP contribution in [0.25, 0.3) is 0 Å². The Kier molecular flexibility index (Phi) is 6.47. The highest BCUT2D eigenvalue weighted by Crippen LogP contribution is 2.03. The zero-order chi connectivity index (χ0) is 12.7. The minimum atomic E-state index is 0.212. The predicted octanol–water partition coefficient (Wildman–Crippen LogP) is -0.535. The monoisotopic (exact) mass is 243 g/mol. The van der Waals surface area contributed by atoms with Crippen molar-refractivity contribution in [1.82, 2.24) is 14.7 Å². The van der Waals surface area contributed by atoms with Gasteiger partial charge in [-0.3, -0.25) is 9.69 Å². The van der Waals surface area contributed by atoms with E-state index < -0.39 is 0 Å². The number of nitrogens with zero attached hydrogens (tertiary/aromatic N) is 3. The van der Waals surface area contributed by atoms with Crippen molar-refractivity contribution < 1.29 is 9.90 Å². The van der Waals surface area contributed by atoms with Crippen molar-refractivity contribution in [3.8, 4) is 0 Å². The smallest absolute Gasteiger partial charge is 0.222 e. The summed E-state index contributed by atoms with van der Waals surface area (Å²) in [6, 6.07) is 0. The molecule has 1 aliphatic rings. The van der Waals surface area contributed by atoms with Crippen LogP contribution in [0.3, 0.4) is 0 Å². The normalized spacial score (nSPS) is 18.3. The second kappa shape index (κ2) is 7.63. The van der Waals surface area contributed by atoms with E-state index in [-0.39, 0.29) is 12.5 Å². The zero-order valence-corrected chi connectivity index (χ0v) is 11.1. The van der Waals surface area contributed by atoms with Crippen molar-refractivity contribution in [3.05, 3.63) is 0 Å². The number of carbonyl (C=O) groups is 1. The first-order valence-corrected chi connectivity index (χ1v) is 6.39. The molecule has 1 rings (SSSR count). The van der Waals surface area contributed by atoms with E-state index in [1.165, 1.54) is 0 Å². The third kappa shape index (κ3) is 5.48. The molecule has 1 heterocycles. The van der Waals surface area contributed by atoms with Gasteiger partial charge < -0.3 is 14.9 Å². The van der Waals surface area contributed by atoms with Gasteiger partial charge in [-0.05, 0) is 13.0 Å². The molecule has 1 amide bonds. The molecule has 0 aliphatic carbocycles. The molecule has 0 aromatic carbocycles. The molecular weight excluding hydrogens is 218 g/mol. The maximum atomic E-state index is 11.4. The maximum Gasteiger partial charge on any atom is 0.222 e. The van der Waals surface area contributed by atoms with E-state index in [2.05, 4.69) is 9.80 Å². The summed E-state index contributed by atoms with van der Waals surface area (Å²) < 4.78 is 0. The Morgan fingerprint density at radius 3 is 2.12 bits per heavy atom. The van der Waals surface area contributed by atoms with Crippen LogP contribution >= 0.6 is 0 Å². The molecule has 0 aromatic rings. The van der Waals surface area contributed by atoms with E-state index in [4.69, 9.17) is 5.11 Å². The van der Waals surface area contributed by atoms with Gasteiger partial charge in [-0.25, -0.2) is 0 Å². The van der Waals surface area contributed by atoms with Crippen LogP contribution in [0, 0.1) is 0 Å². The average molecular weight is 243 g/mol. The van der Waals surface area contributed by atoms with Crippen molar-refractivity contribution in [1.29, 1.82) is 0 Å². The Bertz CT molecular complexity index is 226. The van der Waals surface area contributed by atoms with Crippen molar-refractivity contribution >= 4 is 5.91 Å². The number of β-amino-alcohol motifs (C(OH)–C–C–N with tert-alkyl or cyclic N) is 1. The molecule has 5 heteroatoms. The Hall–Kier alpha value is -0.650. The number of hydrogen-bond donors (Lipinski definition) is 1. The van der Waals surface area contributed by atoms with Crippen LogP contribution < -0.4 is 0 Å². The fraction of sp³-hybridized carbons (Fsp3) is 0.917. The van der Waals surface area contributed by atoms with Gasteiger partial charge in [0.1, 0.15) is 0 Å². The lowest BCUT2D eigenvalue weighted by Crippen LogP contribution is -2.47. The number of rotatable bonds is 6. The maximum absolute atomic E-state index is 11.4. The number of aliphatic hydroxyl groups excluding tert-OH is 1. The molecule has 0 aromatic heterocycles. The first kappa shape index (κ1) is 14.4. The average Bonchev–Trinajstić information content (AvgIpc) is 2.31. The number of amides is 1. The van der Waals surface area contributed by atoms with Crippen molar-refractivity contribution in [2.45, 2.75) is 12.8 Å². The van der Waals surface area contributed by atoms with E-state index >= 15 is 0 Å². The lowest BCUT2D eigenvalue weighted by Gasteiger charge is -2.34. The Labute approximate surface area is 104 Å². The number of hydrogen-bond acceptors (Lipinski definition) is 4. The quantitative estimate of drug-likeness (QED) is 0.681. The van der Waals surface area contributed by atoms with Crippen molar-refractivity contribution in [3.63, 3.8) is 0 Å². The zero-order valence-electron chi connectivity index (χ0n) is 11.1. The Morgan fingerprint density at radius 1 is 1.12 bits per heavy atom. The minimum Gasteiger partial charge on any atom is -0.395 e. The van der Waals surface area contributed by atoms with Crippen LogP contribution in [0.2, 0.25) is 0 Å². The van der Waals surface area contributed by atoms with Gasteiger partial charge in [0.2, 0.25) is 5.91 Å². The van der Waals surface area contributed by atoms with Crippen molar-refractivity contribution in [2.24, 2.45) is 0 Å². The summed E-state index contributed by atoms with van der Waals surface area (Å²) in [5, 5.41) is 8.84. The predicted molar refractivity (Wildman–Crippen MR) is 67.9 cm³/mol. The summed E-state index contributed by atoms with van der Waals surface area (Å²) >= 11 is 0. The standard InChI is InChI=1S/C12H25N3O2/c1-13(2)12(17)4-3-5-14-6-8-15(9-7-14)10-11-16/h16H,3-11H2,1-2H3. The van der Waals surface area contributed by atoms with Crippen LogP contribution in [0.1, 0.15) is 12.8 Å². The van der Waals surface area contributed by atoms with Gasteiger partial charge in [-0.1, -0.05) is 0 Å². The summed E-state index contributed by atoms with van der Waals surface area (Å²) in [6.45, 7) is 6.20. The lowest BCUT2D eigenvalue weighted by molar-refractivity contribution is -0.128. The van der Waals surface area contributed by atoms with Crippen LogP contribution in [0.4, 0.5) is 0 Å². The highest BCUT2D eigenvalue weighted by Gasteiger charge is 2.16. The van der Waals surface area contributed by atoms with Crippen LogP contribution in [-0.4, -0.2) is 85.7 Å². The number of carbonyl (C=O) groups excluding carboxylic acids is 1. The first-order valence-electron chi connectivity index (χ1n) is 6.39. The minimum absolute atomic E-state index is 0.212. The molecule has 100 valence electrons. The van der Waals surface area contributed by atoms with E-state index in [0.29, 0.717) is 6.42 Å². The fourth-order valence-corrected chi connectivity index (χ4v) is 2.06. The molecule has 0 bridgehead atoms. The lowest BCUT2D eigenvalue weighted by atomic mass is 10.2. The molecule has 0 saturated carbocycles. The summed E-state index contributed by atoms with van der Waals surface area (Å²) in [6.07, 6.45) is 1.58. The molecule has 0 spiro atoms. The molecule has 1 saturated heterocycles. The van der Waals surface area contributed by atoms with Gasteiger partial charge >= 0.3 is 0 Å². The summed E-state index contributed by atoms with van der Waals surface area (Å²) in [4.78, 5) is 17.7. The van der Waals surface area contributed by atoms with E-state index in [9.17, 15) is 4.79 Å². The fourth-order valence-electron chi connectivity index (χ4n) is 2.06. The Balaban J connectivity index is 2.08. The summed E-state index contributed by atoms with van der Waals surface area (Å²) in [5.74, 6) is 0.212. The molecule has 1 N–H and O–H groups in total. The van der Waals surface area contributed by atoms with Gasteiger partial charge in [0.05, 0.1) is 6.61 Å². The second-order valence-corrected chi connectivity index (χ2v) is 4.80. The molecule has 0 unspecified atom stereocenters. The first-order chi connectivity index (χ1) is 8.13. The van der Waals surface area contributed by atoms with Gasteiger partial charge in [-0.2, -0.15) is 0 Å². The molecule has 17 heavy (non-hydrogen) atoms. The second-order valence-electron chi connectivity index (χ2n) is 4.80. The molecule has 0 radical (unpaired) electrons. The molecular formula is C12H25N3O2. The summed E-state index contributed by atoms with van der Waals surface area (Å²) in [5.41, 5.74) is 0. The summed E-state index contributed by atoms with van der Waals surface area (Å²) in [7, 11) is 3.60. The van der Waals surface area contributed by atoms with E-state index in [1.54, 1.807) is 19.0 Å². The van der Waals surface area contributed by atoms with Gasteiger partial charge in [0, 0.05) is 53.2 Å². The van der Waals surface area contributed by atoms with Gasteiger partial charge in [0.25, 0.3) is 0 Å². The third-order valence-electron chi connectivity index (χ3n) is 3.24.